The van der Waals surface area contributed by atoms with Crippen molar-refractivity contribution in [1.82, 2.24) is 14.7 Å². The first-order chi connectivity index (χ1) is 5.93. The van der Waals surface area contributed by atoms with E-state index in [2.05, 4.69) is 21.6 Å². The van der Waals surface area contributed by atoms with Gasteiger partial charge >= 0.3 is 0 Å². The normalized spacial score (nSPS) is 10.4. The van der Waals surface area contributed by atoms with Crippen molar-refractivity contribution in [3.05, 3.63) is 6.33 Å². The molecular formula is C7H13N3S2. The van der Waals surface area contributed by atoms with Gasteiger partial charge in [-0.25, -0.2) is 4.98 Å². The first-order valence-corrected chi connectivity index (χ1v) is 5.79. The van der Waals surface area contributed by atoms with Gasteiger partial charge in [-0.1, -0.05) is 18.7 Å². The van der Waals surface area contributed by atoms with Crippen LogP contribution in [0.4, 0.5) is 0 Å². The Hall–Kier alpha value is -0.130. The van der Waals surface area contributed by atoms with Crippen LogP contribution in [-0.4, -0.2) is 28.2 Å². The average molecular weight is 203 g/mol. The lowest BCUT2D eigenvalue weighted by Gasteiger charge is -1.98. The van der Waals surface area contributed by atoms with Gasteiger partial charge in [0.2, 0.25) is 0 Å². The molecule has 0 aliphatic carbocycles. The lowest BCUT2D eigenvalue weighted by Crippen LogP contribution is -2.14. The Morgan fingerprint density at radius 3 is 3.25 bits per heavy atom. The molecule has 0 atom stereocenters. The largest absolute Gasteiger partial charge is 0.317 e. The number of nitrogens with one attached hydrogen (secondary N) is 1. The standard InChI is InChI=1S/C7H13N3S2/c1-2-8-4-3-5-11-7-9-6-10-12-7/h6,8H,2-5H2,1H3. The van der Waals surface area contributed by atoms with Gasteiger partial charge in [0.05, 0.1) is 0 Å². The molecule has 0 aliphatic heterocycles. The molecule has 0 bridgehead atoms. The highest BCUT2D eigenvalue weighted by atomic mass is 32.2. The van der Waals surface area contributed by atoms with Gasteiger partial charge in [-0.2, -0.15) is 4.37 Å². The van der Waals surface area contributed by atoms with Gasteiger partial charge in [-0.05, 0) is 31.0 Å². The van der Waals surface area contributed by atoms with Crippen LogP contribution < -0.4 is 5.32 Å². The minimum atomic E-state index is 1.06. The highest BCUT2D eigenvalue weighted by Crippen LogP contribution is 2.18. The van der Waals surface area contributed by atoms with Crippen molar-refractivity contribution in [1.29, 1.82) is 0 Å². The molecule has 0 aromatic carbocycles. The smallest absolute Gasteiger partial charge is 0.169 e. The Morgan fingerprint density at radius 2 is 2.58 bits per heavy atom. The van der Waals surface area contributed by atoms with Crippen LogP contribution in [0.15, 0.2) is 10.7 Å². The van der Waals surface area contributed by atoms with E-state index >= 15 is 0 Å². The van der Waals surface area contributed by atoms with Crippen molar-refractivity contribution in [2.24, 2.45) is 0 Å². The number of rotatable bonds is 6. The third-order valence-electron chi connectivity index (χ3n) is 1.31. The average Bonchev–Trinajstić information content (AvgIpc) is 2.57. The molecule has 1 aromatic heterocycles. The number of thioether (sulfide) groups is 1. The van der Waals surface area contributed by atoms with Crippen LogP contribution >= 0.6 is 23.3 Å². The molecule has 0 saturated heterocycles. The van der Waals surface area contributed by atoms with Crippen molar-refractivity contribution >= 4 is 23.3 Å². The third-order valence-corrected chi connectivity index (χ3v) is 3.20. The summed E-state index contributed by atoms with van der Waals surface area (Å²) in [6.07, 6.45) is 2.80. The fourth-order valence-corrected chi connectivity index (χ4v) is 2.21. The summed E-state index contributed by atoms with van der Waals surface area (Å²) in [5.74, 6) is 1.13. The van der Waals surface area contributed by atoms with Crippen molar-refractivity contribution in [3.8, 4) is 0 Å². The van der Waals surface area contributed by atoms with Crippen LogP contribution in [0, 0.1) is 0 Å². The molecule has 0 amide bonds. The lowest BCUT2D eigenvalue weighted by molar-refractivity contribution is 0.707. The summed E-state index contributed by atoms with van der Waals surface area (Å²) in [5.41, 5.74) is 0. The molecule has 1 aromatic rings. The molecule has 5 heteroatoms. The number of hydrogen-bond acceptors (Lipinski definition) is 5. The Morgan fingerprint density at radius 1 is 1.67 bits per heavy atom. The molecular weight excluding hydrogens is 190 g/mol. The monoisotopic (exact) mass is 203 g/mol. The zero-order valence-electron chi connectivity index (χ0n) is 7.12. The maximum atomic E-state index is 4.08. The van der Waals surface area contributed by atoms with E-state index in [1.54, 1.807) is 18.1 Å². The van der Waals surface area contributed by atoms with Crippen molar-refractivity contribution < 1.29 is 0 Å². The molecule has 12 heavy (non-hydrogen) atoms. The first-order valence-electron chi connectivity index (χ1n) is 4.03. The SMILES string of the molecule is CCNCCCSc1ncns1. The second-order valence-corrected chi connectivity index (χ2v) is 4.38. The van der Waals surface area contributed by atoms with Gasteiger partial charge < -0.3 is 5.32 Å². The quantitative estimate of drug-likeness (QED) is 0.563. The van der Waals surface area contributed by atoms with Gasteiger partial charge in [0.25, 0.3) is 0 Å². The van der Waals surface area contributed by atoms with E-state index in [0.717, 1.165) is 23.2 Å². The summed E-state index contributed by atoms with van der Waals surface area (Å²) in [4.78, 5) is 4.08. The summed E-state index contributed by atoms with van der Waals surface area (Å²) < 4.78 is 5.01. The molecule has 0 saturated carbocycles. The van der Waals surface area contributed by atoms with Gasteiger partial charge in [0.1, 0.15) is 6.33 Å². The second kappa shape index (κ2) is 6.39. The predicted molar refractivity (Wildman–Crippen MR) is 53.8 cm³/mol. The predicted octanol–water partition coefficient (Wildman–Crippen LogP) is 1.63. The van der Waals surface area contributed by atoms with E-state index in [4.69, 9.17) is 0 Å². The Balaban J connectivity index is 1.96. The fraction of sp³-hybridized carbons (Fsp3) is 0.714. The lowest BCUT2D eigenvalue weighted by atomic mass is 10.5. The molecule has 1 rings (SSSR count). The van der Waals surface area contributed by atoms with Crippen LogP contribution in [0.2, 0.25) is 0 Å². The van der Waals surface area contributed by atoms with Crippen LogP contribution in [-0.2, 0) is 0 Å². The molecule has 3 nitrogen and oxygen atoms in total. The zero-order chi connectivity index (χ0) is 8.65. The molecule has 0 unspecified atom stereocenters. The van der Waals surface area contributed by atoms with Gasteiger partial charge in [-0.15, -0.1) is 0 Å². The summed E-state index contributed by atoms with van der Waals surface area (Å²) in [5, 5.41) is 3.28. The molecule has 0 spiro atoms. The third kappa shape index (κ3) is 4.04. The zero-order valence-corrected chi connectivity index (χ0v) is 8.75. The molecule has 0 radical (unpaired) electrons. The van der Waals surface area contributed by atoms with E-state index in [1.165, 1.54) is 18.0 Å². The summed E-state index contributed by atoms with van der Waals surface area (Å²) >= 11 is 3.25. The van der Waals surface area contributed by atoms with E-state index in [9.17, 15) is 0 Å². The van der Waals surface area contributed by atoms with Gasteiger partial charge in [0, 0.05) is 5.75 Å². The number of hydrogen-bond donors (Lipinski definition) is 1. The van der Waals surface area contributed by atoms with Gasteiger partial charge in [0.15, 0.2) is 4.34 Å². The highest BCUT2D eigenvalue weighted by Gasteiger charge is 1.95. The van der Waals surface area contributed by atoms with Crippen LogP contribution in [0.3, 0.4) is 0 Å². The van der Waals surface area contributed by atoms with Crippen molar-refractivity contribution in [2.45, 2.75) is 17.7 Å². The van der Waals surface area contributed by atoms with E-state index < -0.39 is 0 Å². The molecule has 0 fully saturated rings. The van der Waals surface area contributed by atoms with E-state index in [-0.39, 0.29) is 0 Å². The van der Waals surface area contributed by atoms with Crippen LogP contribution in [0.5, 0.6) is 0 Å². The van der Waals surface area contributed by atoms with E-state index in [0.29, 0.717) is 0 Å². The molecule has 68 valence electrons. The Kier molecular flexibility index (Phi) is 5.30. The molecule has 1 N–H and O–H groups in total. The summed E-state index contributed by atoms with van der Waals surface area (Å²) in [7, 11) is 0. The second-order valence-electron chi connectivity index (χ2n) is 2.26. The number of aromatic nitrogens is 2. The van der Waals surface area contributed by atoms with Crippen molar-refractivity contribution in [3.63, 3.8) is 0 Å². The Labute approximate surface area is 81.1 Å². The summed E-state index contributed by atoms with van der Waals surface area (Å²) in [6.45, 7) is 4.28. The fourth-order valence-electron chi connectivity index (χ4n) is 0.760. The summed E-state index contributed by atoms with van der Waals surface area (Å²) in [6, 6.07) is 0. The maximum absolute atomic E-state index is 4.08. The molecule has 1 heterocycles. The minimum Gasteiger partial charge on any atom is -0.317 e. The topological polar surface area (TPSA) is 37.8 Å². The van der Waals surface area contributed by atoms with E-state index in [1.807, 2.05) is 0 Å². The first kappa shape index (κ1) is 9.95. The molecule has 0 aliphatic rings. The Bertz CT molecular complexity index is 189. The van der Waals surface area contributed by atoms with Gasteiger partial charge in [-0.3, -0.25) is 0 Å². The highest BCUT2D eigenvalue weighted by molar-refractivity contribution is 8.00. The van der Waals surface area contributed by atoms with Crippen molar-refractivity contribution in [2.75, 3.05) is 18.8 Å². The maximum Gasteiger partial charge on any atom is 0.169 e. The number of nitrogens with zero attached hydrogens (tertiary/aromatic N) is 2. The minimum absolute atomic E-state index is 1.06. The van der Waals surface area contributed by atoms with Crippen LogP contribution in [0.25, 0.3) is 0 Å². The van der Waals surface area contributed by atoms with Crippen LogP contribution in [0.1, 0.15) is 13.3 Å².